The van der Waals surface area contributed by atoms with Crippen LogP contribution < -0.4 is 0 Å². The van der Waals surface area contributed by atoms with Crippen molar-refractivity contribution in [3.8, 4) is 0 Å². The molecule has 0 aromatic heterocycles. The maximum atomic E-state index is 13.2. The molecule has 23 heavy (non-hydrogen) atoms. The Kier molecular flexibility index (Phi) is 7.27. The molecule has 0 aliphatic heterocycles. The Bertz CT molecular complexity index is 422. The molecule has 2 unspecified atom stereocenters. The quantitative estimate of drug-likeness (QED) is 0.451. The third-order valence-electron chi connectivity index (χ3n) is 1.66. The maximum Gasteiger partial charge on any atom is 0.478 e. The van der Waals surface area contributed by atoms with Gasteiger partial charge in [-0.05, 0) is 0 Å². The van der Waals surface area contributed by atoms with E-state index in [4.69, 9.17) is 0 Å². The summed E-state index contributed by atoms with van der Waals surface area (Å²) in [6.07, 6.45) is -20.7. The van der Waals surface area contributed by atoms with Gasteiger partial charge in [-0.2, -0.15) is 30.7 Å². The zero-order chi connectivity index (χ0) is 18.7. The van der Waals surface area contributed by atoms with Crippen LogP contribution in [-0.4, -0.2) is 44.3 Å². The van der Waals surface area contributed by atoms with Crippen LogP contribution >= 0.6 is 7.82 Å². The molecule has 0 heterocycles. The normalized spacial score (nSPS) is 19.0. The monoisotopic (exact) mass is 394 g/mol. The van der Waals surface area contributed by atoms with Crippen molar-refractivity contribution < 1.29 is 66.4 Å². The number of halogens is 11. The third kappa shape index (κ3) is 7.18. The Hall–Kier alpha value is -0.660. The molecule has 16 heteroatoms. The summed E-state index contributed by atoms with van der Waals surface area (Å²) >= 11 is 0. The van der Waals surface area contributed by atoms with Crippen molar-refractivity contribution in [2.24, 2.45) is 0 Å². The molecule has 0 aromatic carbocycles. The average Bonchev–Trinajstić information content (AvgIpc) is 2.32. The van der Waals surface area contributed by atoms with Gasteiger partial charge in [0.15, 0.2) is 6.61 Å². The number of hydrogen-bond acceptors (Lipinski definition) is 4. The van der Waals surface area contributed by atoms with Crippen LogP contribution in [0, 0.1) is 0 Å². The van der Waals surface area contributed by atoms with E-state index in [0.29, 0.717) is 0 Å². The molecule has 0 aromatic rings. The molecular weight excluding hydrogens is 388 g/mol. The summed E-state index contributed by atoms with van der Waals surface area (Å²) in [5.74, 6) is -6.07. The van der Waals surface area contributed by atoms with E-state index < -0.39 is 52.1 Å². The molecule has 0 aliphatic rings. The van der Waals surface area contributed by atoms with Crippen molar-refractivity contribution in [1.29, 1.82) is 0 Å². The summed E-state index contributed by atoms with van der Waals surface area (Å²) in [6, 6.07) is 0. The molecule has 0 N–H and O–H groups in total. The molecule has 140 valence electrons. The lowest BCUT2D eigenvalue weighted by atomic mass is 10.3. The van der Waals surface area contributed by atoms with Crippen LogP contribution in [0.2, 0.25) is 0 Å². The summed E-state index contributed by atoms with van der Waals surface area (Å²) in [7, 11) is -6.42. The molecule has 0 bridgehead atoms. The highest BCUT2D eigenvalue weighted by atomic mass is 31.2. The van der Waals surface area contributed by atoms with Gasteiger partial charge in [0.1, 0.15) is 6.61 Å². The largest absolute Gasteiger partial charge is 0.478 e. The molecule has 0 amide bonds. The molecule has 0 saturated carbocycles. The molecule has 0 spiro atoms. The van der Waals surface area contributed by atoms with Gasteiger partial charge in [-0.1, -0.05) is 0 Å². The molecule has 2 atom stereocenters. The first-order chi connectivity index (χ1) is 10.0. The van der Waals surface area contributed by atoms with Gasteiger partial charge in [0.2, 0.25) is 0 Å². The van der Waals surface area contributed by atoms with Crippen molar-refractivity contribution >= 4 is 7.82 Å². The summed E-state index contributed by atoms with van der Waals surface area (Å²) in [6.45, 7) is -4.84. The van der Waals surface area contributed by atoms with Crippen molar-refractivity contribution in [3.05, 3.63) is 0 Å². The second-order valence-electron chi connectivity index (χ2n) is 3.56. The van der Waals surface area contributed by atoms with Crippen LogP contribution in [0.15, 0.2) is 0 Å². The van der Waals surface area contributed by atoms with Gasteiger partial charge in [-0.25, -0.2) is 26.7 Å². The molecule has 4 nitrogen and oxygen atoms in total. The first-order valence-corrected chi connectivity index (χ1v) is 6.47. The smallest absolute Gasteiger partial charge is 0.281 e. The highest BCUT2D eigenvalue weighted by Gasteiger charge is 2.68. The standard InChI is InChI=1S/C7H6F11O4P/c8-3(9)1-20-23(19,21-2-5(12,13)14)22-6(15,4(10)11)7(16,17)18/h3-4H,1-2H2. The number of alkyl halides is 11. The van der Waals surface area contributed by atoms with Crippen LogP contribution in [0.1, 0.15) is 0 Å². The first kappa shape index (κ1) is 22.3. The van der Waals surface area contributed by atoms with E-state index in [9.17, 15) is 52.9 Å². The van der Waals surface area contributed by atoms with Crippen LogP contribution in [0.3, 0.4) is 0 Å². The lowest BCUT2D eigenvalue weighted by molar-refractivity contribution is -0.345. The molecule has 0 radical (unpaired) electrons. The van der Waals surface area contributed by atoms with E-state index in [1.807, 2.05) is 0 Å². The fraction of sp³-hybridized carbons (Fsp3) is 1.00. The second-order valence-corrected chi connectivity index (χ2v) is 5.15. The number of phosphoric acid groups is 1. The third-order valence-corrected chi connectivity index (χ3v) is 3.06. The zero-order valence-electron chi connectivity index (χ0n) is 10.3. The van der Waals surface area contributed by atoms with Gasteiger partial charge in [-0.15, -0.1) is 0 Å². The minimum atomic E-state index is -6.59. The van der Waals surface area contributed by atoms with Crippen LogP contribution in [0.5, 0.6) is 0 Å². The summed E-state index contributed by atoms with van der Waals surface area (Å²) in [5, 5.41) is 0. The van der Waals surface area contributed by atoms with Crippen LogP contribution in [-0.2, 0) is 18.1 Å². The summed E-state index contributed by atoms with van der Waals surface area (Å²) in [5.41, 5.74) is 0. The highest BCUT2D eigenvalue weighted by molar-refractivity contribution is 7.48. The molecule has 0 rings (SSSR count). The van der Waals surface area contributed by atoms with Crippen molar-refractivity contribution in [3.63, 3.8) is 0 Å². The number of hydrogen-bond donors (Lipinski definition) is 0. The Morgan fingerprint density at radius 2 is 1.35 bits per heavy atom. The summed E-state index contributed by atoms with van der Waals surface area (Å²) < 4.78 is 154. The van der Waals surface area contributed by atoms with E-state index in [-0.39, 0.29) is 0 Å². The SMILES string of the molecule is O=P(OCC(F)F)(OCC(F)(F)F)OC(F)(C(F)F)C(F)(F)F. The Morgan fingerprint density at radius 3 is 1.65 bits per heavy atom. The Labute approximate surface area is 120 Å². The maximum absolute atomic E-state index is 13.2. The molecule has 0 fully saturated rings. The van der Waals surface area contributed by atoms with Gasteiger partial charge in [-0.3, -0.25) is 9.05 Å². The predicted molar refractivity (Wildman–Crippen MR) is 48.6 cm³/mol. The van der Waals surface area contributed by atoms with Crippen LogP contribution in [0.4, 0.5) is 48.3 Å². The zero-order valence-corrected chi connectivity index (χ0v) is 11.2. The number of phosphoric ester groups is 1. The fourth-order valence-electron chi connectivity index (χ4n) is 0.768. The van der Waals surface area contributed by atoms with Crippen LogP contribution in [0.25, 0.3) is 0 Å². The van der Waals surface area contributed by atoms with Gasteiger partial charge in [0, 0.05) is 0 Å². The average molecular weight is 394 g/mol. The van der Waals surface area contributed by atoms with Gasteiger partial charge >= 0.3 is 32.5 Å². The fourth-order valence-corrected chi connectivity index (χ4v) is 2.06. The Balaban J connectivity index is 5.45. The van der Waals surface area contributed by atoms with E-state index in [2.05, 4.69) is 13.6 Å². The Morgan fingerprint density at radius 1 is 0.870 bits per heavy atom. The molecular formula is C7H6F11O4P. The van der Waals surface area contributed by atoms with Gasteiger partial charge in [0.25, 0.3) is 6.43 Å². The van der Waals surface area contributed by atoms with E-state index in [1.54, 1.807) is 0 Å². The van der Waals surface area contributed by atoms with E-state index in [1.165, 1.54) is 0 Å². The van der Waals surface area contributed by atoms with Gasteiger partial charge < -0.3 is 0 Å². The summed E-state index contributed by atoms with van der Waals surface area (Å²) in [4.78, 5) is 0. The molecule has 0 aliphatic carbocycles. The number of rotatable bonds is 8. The van der Waals surface area contributed by atoms with Crippen molar-refractivity contribution in [1.82, 2.24) is 0 Å². The van der Waals surface area contributed by atoms with Crippen molar-refractivity contribution in [2.45, 2.75) is 31.1 Å². The second kappa shape index (κ2) is 7.49. The van der Waals surface area contributed by atoms with E-state index in [0.717, 1.165) is 0 Å². The van der Waals surface area contributed by atoms with Crippen molar-refractivity contribution in [2.75, 3.05) is 13.2 Å². The first-order valence-electron chi connectivity index (χ1n) is 5.01. The van der Waals surface area contributed by atoms with Gasteiger partial charge in [0.05, 0.1) is 0 Å². The lowest BCUT2D eigenvalue weighted by Crippen LogP contribution is -2.49. The predicted octanol–water partition coefficient (Wildman–Crippen LogP) is 4.46. The highest BCUT2D eigenvalue weighted by Crippen LogP contribution is 2.58. The topological polar surface area (TPSA) is 44.8 Å². The minimum Gasteiger partial charge on any atom is -0.281 e. The molecule has 0 saturated heterocycles. The minimum absolute atomic E-state index is 2.13. The van der Waals surface area contributed by atoms with E-state index >= 15 is 0 Å². The lowest BCUT2D eigenvalue weighted by Gasteiger charge is -2.29.